The number of carbonyl (C=O) groups is 1. The van der Waals surface area contributed by atoms with E-state index in [0.29, 0.717) is 22.8 Å². The molecule has 1 heterocycles. The zero-order valence-electron chi connectivity index (χ0n) is 9.33. The molecule has 1 N–H and O–H groups in total. The average Bonchev–Trinajstić information content (AvgIpc) is 2.85. The van der Waals surface area contributed by atoms with Crippen molar-refractivity contribution < 1.29 is 9.90 Å². The van der Waals surface area contributed by atoms with Gasteiger partial charge in [0.05, 0.1) is 18.1 Å². The standard InChI is InChI=1S/C12H9N3O2S/c13-7-8-2-1-3-9(6-8)12-14-10(18-15-12)4-5-11(16)17/h1-3,6H,4-5H2,(H,16,17). The van der Waals surface area contributed by atoms with Gasteiger partial charge in [0.25, 0.3) is 0 Å². The first kappa shape index (κ1) is 12.2. The van der Waals surface area contributed by atoms with Gasteiger partial charge in [-0.1, -0.05) is 12.1 Å². The molecule has 0 bridgehead atoms. The van der Waals surface area contributed by atoms with E-state index in [1.165, 1.54) is 11.5 Å². The topological polar surface area (TPSA) is 86.9 Å². The van der Waals surface area contributed by atoms with Gasteiger partial charge in [0.1, 0.15) is 5.01 Å². The SMILES string of the molecule is N#Cc1cccc(-c2nsc(CCC(=O)O)n2)c1. The minimum absolute atomic E-state index is 0.0485. The molecule has 0 atom stereocenters. The van der Waals surface area contributed by atoms with Crippen molar-refractivity contribution in [3.8, 4) is 17.5 Å². The largest absolute Gasteiger partial charge is 0.481 e. The second-order valence-electron chi connectivity index (χ2n) is 3.60. The Morgan fingerprint density at radius 1 is 1.50 bits per heavy atom. The van der Waals surface area contributed by atoms with E-state index in [1.807, 2.05) is 6.07 Å². The van der Waals surface area contributed by atoms with E-state index in [9.17, 15) is 4.79 Å². The molecule has 0 aliphatic heterocycles. The van der Waals surface area contributed by atoms with E-state index >= 15 is 0 Å². The molecule has 0 fully saturated rings. The molecule has 0 aliphatic carbocycles. The zero-order chi connectivity index (χ0) is 13.0. The molecule has 2 aromatic rings. The number of hydrogen-bond acceptors (Lipinski definition) is 5. The number of hydrogen-bond donors (Lipinski definition) is 1. The Morgan fingerprint density at radius 2 is 2.33 bits per heavy atom. The van der Waals surface area contributed by atoms with Crippen LogP contribution >= 0.6 is 11.5 Å². The number of aryl methyl sites for hydroxylation is 1. The van der Waals surface area contributed by atoms with Crippen molar-refractivity contribution in [1.82, 2.24) is 9.36 Å². The first-order chi connectivity index (χ1) is 8.69. The van der Waals surface area contributed by atoms with Crippen molar-refractivity contribution in [3.63, 3.8) is 0 Å². The van der Waals surface area contributed by atoms with Crippen molar-refractivity contribution in [1.29, 1.82) is 5.26 Å². The third-order valence-electron chi connectivity index (χ3n) is 2.27. The number of nitrogens with zero attached hydrogens (tertiary/aromatic N) is 3. The van der Waals surface area contributed by atoms with Gasteiger partial charge in [-0.25, -0.2) is 4.98 Å². The zero-order valence-corrected chi connectivity index (χ0v) is 10.1. The maximum absolute atomic E-state index is 10.5. The Bertz CT molecular complexity index is 616. The summed E-state index contributed by atoms with van der Waals surface area (Å²) in [5.74, 6) is -0.310. The molecule has 1 aromatic heterocycles. The Morgan fingerprint density at radius 3 is 3.06 bits per heavy atom. The van der Waals surface area contributed by atoms with Gasteiger partial charge < -0.3 is 5.11 Å². The van der Waals surface area contributed by atoms with E-state index in [4.69, 9.17) is 10.4 Å². The lowest BCUT2D eigenvalue weighted by Crippen LogP contribution is -1.96. The number of carboxylic acids is 1. The fraction of sp³-hybridized carbons (Fsp3) is 0.167. The monoisotopic (exact) mass is 259 g/mol. The summed E-state index contributed by atoms with van der Waals surface area (Å²) in [6.07, 6.45) is 0.428. The molecule has 18 heavy (non-hydrogen) atoms. The van der Waals surface area contributed by atoms with Gasteiger partial charge in [0.2, 0.25) is 0 Å². The molecule has 0 unspecified atom stereocenters. The highest BCUT2D eigenvalue weighted by Crippen LogP contribution is 2.19. The number of aliphatic carboxylic acids is 1. The van der Waals surface area contributed by atoms with Gasteiger partial charge in [-0.3, -0.25) is 4.79 Å². The Balaban J connectivity index is 2.19. The Hall–Kier alpha value is -2.26. The Kier molecular flexibility index (Phi) is 3.65. The van der Waals surface area contributed by atoms with Crippen LogP contribution in [0.3, 0.4) is 0 Å². The quantitative estimate of drug-likeness (QED) is 0.908. The predicted octanol–water partition coefficient (Wildman–Crippen LogP) is 2.09. The molecular weight excluding hydrogens is 250 g/mol. The lowest BCUT2D eigenvalue weighted by Gasteiger charge is -1.95. The first-order valence-electron chi connectivity index (χ1n) is 5.24. The number of nitriles is 1. The highest BCUT2D eigenvalue weighted by Gasteiger charge is 2.08. The third kappa shape index (κ3) is 2.90. The normalized spacial score (nSPS) is 9.94. The van der Waals surface area contributed by atoms with Gasteiger partial charge >= 0.3 is 5.97 Å². The summed E-state index contributed by atoms with van der Waals surface area (Å²) in [7, 11) is 0. The fourth-order valence-corrected chi connectivity index (χ4v) is 2.07. The predicted molar refractivity (Wildman–Crippen MR) is 66.0 cm³/mol. The smallest absolute Gasteiger partial charge is 0.303 e. The van der Waals surface area contributed by atoms with Crippen molar-refractivity contribution >= 4 is 17.5 Å². The molecule has 0 saturated carbocycles. The molecular formula is C12H9N3O2S. The third-order valence-corrected chi connectivity index (χ3v) is 3.04. The first-order valence-corrected chi connectivity index (χ1v) is 6.01. The summed E-state index contributed by atoms with van der Waals surface area (Å²) in [6.45, 7) is 0. The molecule has 2 rings (SSSR count). The molecule has 6 heteroatoms. The Labute approximate surface area is 108 Å². The second kappa shape index (κ2) is 5.38. The van der Waals surface area contributed by atoms with Crippen LogP contribution in [-0.4, -0.2) is 20.4 Å². The van der Waals surface area contributed by atoms with E-state index < -0.39 is 5.97 Å². The van der Waals surface area contributed by atoms with Crippen LogP contribution in [0.4, 0.5) is 0 Å². The maximum Gasteiger partial charge on any atom is 0.303 e. The van der Waals surface area contributed by atoms with Crippen molar-refractivity contribution in [3.05, 3.63) is 34.8 Å². The average molecular weight is 259 g/mol. The van der Waals surface area contributed by atoms with Crippen LogP contribution in [0.25, 0.3) is 11.4 Å². The van der Waals surface area contributed by atoms with Crippen LogP contribution in [0.15, 0.2) is 24.3 Å². The summed E-state index contributed by atoms with van der Waals surface area (Å²) in [4.78, 5) is 14.7. The lowest BCUT2D eigenvalue weighted by atomic mass is 10.1. The summed E-state index contributed by atoms with van der Waals surface area (Å²) in [6, 6.07) is 9.07. The maximum atomic E-state index is 10.5. The molecule has 0 saturated heterocycles. The summed E-state index contributed by atoms with van der Waals surface area (Å²) < 4.78 is 4.17. The van der Waals surface area contributed by atoms with Gasteiger partial charge in [0, 0.05) is 12.0 Å². The van der Waals surface area contributed by atoms with Crippen LogP contribution in [0, 0.1) is 11.3 Å². The van der Waals surface area contributed by atoms with Crippen LogP contribution < -0.4 is 0 Å². The summed E-state index contributed by atoms with van der Waals surface area (Å²) >= 11 is 1.19. The van der Waals surface area contributed by atoms with Crippen molar-refractivity contribution in [2.24, 2.45) is 0 Å². The molecule has 90 valence electrons. The minimum Gasteiger partial charge on any atom is -0.481 e. The van der Waals surface area contributed by atoms with Gasteiger partial charge in [-0.05, 0) is 23.7 Å². The lowest BCUT2D eigenvalue weighted by molar-refractivity contribution is -0.136. The fourth-order valence-electron chi connectivity index (χ4n) is 1.42. The van der Waals surface area contributed by atoms with Gasteiger partial charge in [-0.15, -0.1) is 0 Å². The van der Waals surface area contributed by atoms with Crippen LogP contribution in [0.2, 0.25) is 0 Å². The summed E-state index contributed by atoms with van der Waals surface area (Å²) in [5, 5.41) is 18.1. The van der Waals surface area contributed by atoms with Crippen molar-refractivity contribution in [2.75, 3.05) is 0 Å². The molecule has 0 radical (unpaired) electrons. The number of carboxylic acid groups (broad SMARTS) is 1. The molecule has 0 spiro atoms. The van der Waals surface area contributed by atoms with Crippen LogP contribution in [0.1, 0.15) is 17.0 Å². The van der Waals surface area contributed by atoms with Gasteiger partial charge in [0.15, 0.2) is 5.82 Å². The van der Waals surface area contributed by atoms with E-state index in [2.05, 4.69) is 15.4 Å². The van der Waals surface area contributed by atoms with Crippen molar-refractivity contribution in [2.45, 2.75) is 12.8 Å². The second-order valence-corrected chi connectivity index (χ2v) is 4.43. The van der Waals surface area contributed by atoms with E-state index in [-0.39, 0.29) is 6.42 Å². The van der Waals surface area contributed by atoms with Crippen LogP contribution in [-0.2, 0) is 11.2 Å². The summed E-state index contributed by atoms with van der Waals surface area (Å²) in [5.41, 5.74) is 1.32. The van der Waals surface area contributed by atoms with E-state index in [1.54, 1.807) is 18.2 Å². The molecule has 1 aromatic carbocycles. The molecule has 5 nitrogen and oxygen atoms in total. The van der Waals surface area contributed by atoms with E-state index in [0.717, 1.165) is 5.56 Å². The van der Waals surface area contributed by atoms with Gasteiger partial charge in [-0.2, -0.15) is 9.64 Å². The number of rotatable bonds is 4. The number of benzene rings is 1. The van der Waals surface area contributed by atoms with Crippen LogP contribution in [0.5, 0.6) is 0 Å². The molecule has 0 aliphatic rings. The number of aromatic nitrogens is 2. The molecule has 0 amide bonds. The minimum atomic E-state index is -0.849. The highest BCUT2D eigenvalue weighted by molar-refractivity contribution is 7.05. The highest BCUT2D eigenvalue weighted by atomic mass is 32.1.